The number of allylic oxidation sites excluding steroid dienone is 14. The summed E-state index contributed by atoms with van der Waals surface area (Å²) in [5, 5.41) is 0. The van der Waals surface area contributed by atoms with Gasteiger partial charge in [0.25, 0.3) is 0 Å². The van der Waals surface area contributed by atoms with E-state index in [0.29, 0.717) is 19.3 Å². The van der Waals surface area contributed by atoms with E-state index in [1.54, 1.807) is 0 Å². The van der Waals surface area contributed by atoms with E-state index < -0.39 is 6.10 Å². The molecule has 0 spiro atoms. The van der Waals surface area contributed by atoms with Gasteiger partial charge in [0.1, 0.15) is 13.2 Å². The summed E-state index contributed by atoms with van der Waals surface area (Å²) < 4.78 is 17.0. The zero-order valence-corrected chi connectivity index (χ0v) is 55.2. The third-order valence-corrected chi connectivity index (χ3v) is 15.9. The minimum absolute atomic E-state index is 0.0792. The van der Waals surface area contributed by atoms with Crippen molar-refractivity contribution in [3.05, 3.63) is 85.1 Å². The van der Waals surface area contributed by atoms with Crippen LogP contribution in [0.5, 0.6) is 0 Å². The third kappa shape index (κ3) is 69.3. The predicted molar refractivity (Wildman–Crippen MR) is 362 cm³/mol. The van der Waals surface area contributed by atoms with Crippen LogP contribution in [0.3, 0.4) is 0 Å². The van der Waals surface area contributed by atoms with Crippen LogP contribution in [0.2, 0.25) is 0 Å². The molecule has 0 aromatic heterocycles. The van der Waals surface area contributed by atoms with Gasteiger partial charge >= 0.3 is 17.9 Å². The molecule has 0 aliphatic carbocycles. The fourth-order valence-corrected chi connectivity index (χ4v) is 10.5. The monoisotopic (exact) mass is 1160 g/mol. The van der Waals surface area contributed by atoms with Crippen molar-refractivity contribution in [3.8, 4) is 0 Å². The van der Waals surface area contributed by atoms with Gasteiger partial charge in [0.05, 0.1) is 0 Å². The molecule has 0 aliphatic rings. The zero-order chi connectivity index (χ0) is 59.9. The molecule has 0 radical (unpaired) electrons. The molecule has 0 aromatic rings. The lowest BCUT2D eigenvalue weighted by molar-refractivity contribution is -0.167. The maximum absolute atomic E-state index is 13.0. The lowest BCUT2D eigenvalue weighted by Crippen LogP contribution is -2.30. The van der Waals surface area contributed by atoms with Crippen LogP contribution < -0.4 is 0 Å². The summed E-state index contributed by atoms with van der Waals surface area (Å²) in [6.07, 6.45) is 94.6. The van der Waals surface area contributed by atoms with Crippen molar-refractivity contribution >= 4 is 17.9 Å². The summed E-state index contributed by atoms with van der Waals surface area (Å²) in [6, 6.07) is 0. The molecule has 1 atom stereocenters. The number of hydrogen-bond acceptors (Lipinski definition) is 6. The molecule has 0 aliphatic heterocycles. The lowest BCUT2D eigenvalue weighted by Gasteiger charge is -2.18. The molecule has 0 saturated heterocycles. The molecule has 83 heavy (non-hydrogen) atoms. The number of esters is 3. The number of carbonyl (C=O) groups excluding carboxylic acids is 3. The summed E-state index contributed by atoms with van der Waals surface area (Å²) in [7, 11) is 0. The summed E-state index contributed by atoms with van der Waals surface area (Å²) in [5.41, 5.74) is 0. The van der Waals surface area contributed by atoms with Crippen LogP contribution >= 0.6 is 0 Å². The van der Waals surface area contributed by atoms with Gasteiger partial charge in [0.2, 0.25) is 0 Å². The predicted octanol–water partition coefficient (Wildman–Crippen LogP) is 25.0. The largest absolute Gasteiger partial charge is 0.462 e. The Morgan fingerprint density at radius 1 is 0.253 bits per heavy atom. The van der Waals surface area contributed by atoms with Crippen molar-refractivity contribution in [3.63, 3.8) is 0 Å². The molecule has 0 aromatic carbocycles. The van der Waals surface area contributed by atoms with E-state index in [4.69, 9.17) is 14.2 Å². The van der Waals surface area contributed by atoms with E-state index in [-0.39, 0.29) is 31.1 Å². The molecule has 1 unspecified atom stereocenters. The van der Waals surface area contributed by atoms with Gasteiger partial charge in [-0.05, 0) is 96.3 Å². The minimum atomic E-state index is -0.786. The van der Waals surface area contributed by atoms with Gasteiger partial charge in [0.15, 0.2) is 6.10 Å². The average molecular weight is 1160 g/mol. The van der Waals surface area contributed by atoms with Gasteiger partial charge in [-0.2, -0.15) is 0 Å². The minimum Gasteiger partial charge on any atom is -0.462 e. The maximum Gasteiger partial charge on any atom is 0.306 e. The Bertz CT molecular complexity index is 1570. The first-order chi connectivity index (χ1) is 41.0. The summed E-state index contributed by atoms with van der Waals surface area (Å²) in [6.45, 7) is 6.56. The molecule has 0 fully saturated rings. The smallest absolute Gasteiger partial charge is 0.306 e. The van der Waals surface area contributed by atoms with E-state index in [0.717, 1.165) is 109 Å². The standard InChI is InChI=1S/C77H136O6/c1-4-7-10-13-16-19-22-25-28-31-34-35-36-37-38-39-40-41-44-46-49-52-55-58-61-64-67-70-76(79)82-73-74(83-77(80)71-68-65-62-59-56-53-50-47-43-33-30-27-24-21-18-15-12-9-6-3)72-81-75(78)69-66-63-60-57-54-51-48-45-42-32-29-26-23-20-17-14-11-8-5-2/h9,12,18,21-22,25,27,30-31,34,36-37,43,47,74H,4-8,10-11,13-17,19-20,23-24,26,28-29,32-33,35,38-42,44-46,48-73H2,1-3H3/b12-9-,21-18-,25-22-,30-27-,34-31-,37-36-,47-43-. The summed E-state index contributed by atoms with van der Waals surface area (Å²) >= 11 is 0. The number of ether oxygens (including phenoxy) is 3. The van der Waals surface area contributed by atoms with E-state index in [9.17, 15) is 14.4 Å². The average Bonchev–Trinajstić information content (AvgIpc) is 3.50. The molecule has 6 nitrogen and oxygen atoms in total. The third-order valence-electron chi connectivity index (χ3n) is 15.9. The van der Waals surface area contributed by atoms with Gasteiger partial charge in [0, 0.05) is 19.3 Å². The van der Waals surface area contributed by atoms with Crippen molar-refractivity contribution in [2.45, 2.75) is 374 Å². The van der Waals surface area contributed by atoms with Crippen molar-refractivity contribution in [2.75, 3.05) is 13.2 Å². The van der Waals surface area contributed by atoms with Gasteiger partial charge in [-0.3, -0.25) is 14.4 Å². The first-order valence-electron chi connectivity index (χ1n) is 36.1. The fraction of sp³-hybridized carbons (Fsp3) is 0.779. The van der Waals surface area contributed by atoms with Crippen LogP contribution in [0.15, 0.2) is 85.1 Å². The zero-order valence-electron chi connectivity index (χ0n) is 55.2. The Morgan fingerprint density at radius 3 is 0.735 bits per heavy atom. The Kier molecular flexibility index (Phi) is 68.2. The van der Waals surface area contributed by atoms with E-state index in [2.05, 4.69) is 106 Å². The van der Waals surface area contributed by atoms with Crippen LogP contribution in [0.4, 0.5) is 0 Å². The topological polar surface area (TPSA) is 78.9 Å². The maximum atomic E-state index is 13.0. The molecule has 0 N–H and O–H groups in total. The van der Waals surface area contributed by atoms with Crippen LogP contribution in [-0.4, -0.2) is 37.2 Å². The quantitative estimate of drug-likeness (QED) is 0.0261. The molecular formula is C77H136O6. The second-order valence-electron chi connectivity index (χ2n) is 24.1. The lowest BCUT2D eigenvalue weighted by atomic mass is 10.0. The van der Waals surface area contributed by atoms with Crippen molar-refractivity contribution in [2.24, 2.45) is 0 Å². The van der Waals surface area contributed by atoms with Crippen LogP contribution in [0.1, 0.15) is 367 Å². The Morgan fingerprint density at radius 2 is 0.470 bits per heavy atom. The highest BCUT2D eigenvalue weighted by Gasteiger charge is 2.19. The van der Waals surface area contributed by atoms with Crippen molar-refractivity contribution in [1.29, 1.82) is 0 Å². The molecule has 0 heterocycles. The number of unbranched alkanes of at least 4 members (excludes halogenated alkanes) is 41. The molecular weight excluding hydrogens is 1020 g/mol. The molecule has 6 heteroatoms. The van der Waals surface area contributed by atoms with Gasteiger partial charge in [-0.25, -0.2) is 0 Å². The van der Waals surface area contributed by atoms with Gasteiger partial charge in [-0.15, -0.1) is 0 Å². The number of hydrogen-bond donors (Lipinski definition) is 0. The first kappa shape index (κ1) is 79.6. The van der Waals surface area contributed by atoms with Gasteiger partial charge in [-0.1, -0.05) is 337 Å². The van der Waals surface area contributed by atoms with Crippen molar-refractivity contribution in [1.82, 2.24) is 0 Å². The summed E-state index contributed by atoms with van der Waals surface area (Å²) in [4.78, 5) is 38.5. The van der Waals surface area contributed by atoms with E-state index in [1.165, 1.54) is 218 Å². The van der Waals surface area contributed by atoms with Crippen LogP contribution in [0, 0.1) is 0 Å². The number of rotatable bonds is 66. The van der Waals surface area contributed by atoms with Crippen molar-refractivity contribution < 1.29 is 28.6 Å². The van der Waals surface area contributed by atoms with E-state index in [1.807, 2.05) is 0 Å². The highest BCUT2D eigenvalue weighted by atomic mass is 16.6. The molecule has 0 amide bonds. The highest BCUT2D eigenvalue weighted by molar-refractivity contribution is 5.71. The normalized spacial score (nSPS) is 12.6. The second kappa shape index (κ2) is 71.1. The number of carbonyl (C=O) groups is 3. The Hall–Kier alpha value is -3.41. The fourth-order valence-electron chi connectivity index (χ4n) is 10.5. The van der Waals surface area contributed by atoms with Crippen LogP contribution in [0.25, 0.3) is 0 Å². The molecule has 0 rings (SSSR count). The highest BCUT2D eigenvalue weighted by Crippen LogP contribution is 2.18. The second-order valence-corrected chi connectivity index (χ2v) is 24.1. The molecule has 480 valence electrons. The SMILES string of the molecule is CC/C=C\C/C=C\C/C=C\C/C=C\CCCCCCCCC(=O)OC(COC(=O)CCCCCCCCCCCCCC/C=C\C/C=C\C/C=C\CCCCCCC)COC(=O)CCCCCCCCCCCCCCCCCCCCC. The summed E-state index contributed by atoms with van der Waals surface area (Å²) in [5.74, 6) is -0.874. The Labute approximate surface area is 515 Å². The molecule has 0 saturated carbocycles. The van der Waals surface area contributed by atoms with E-state index >= 15 is 0 Å². The first-order valence-corrected chi connectivity index (χ1v) is 36.1. The van der Waals surface area contributed by atoms with Crippen LogP contribution in [-0.2, 0) is 28.6 Å². The molecule has 0 bridgehead atoms. The Balaban J connectivity index is 4.34. The van der Waals surface area contributed by atoms with Gasteiger partial charge < -0.3 is 14.2 Å².